The second-order valence-electron chi connectivity index (χ2n) is 5.60. The Labute approximate surface area is 147 Å². The maximum Gasteiger partial charge on any atom is 0.270 e. The molecule has 2 rings (SSSR count). The maximum absolute atomic E-state index is 13.4. The topological polar surface area (TPSA) is 78.4 Å². The molecule has 0 radical (unpaired) electrons. The quantitative estimate of drug-likeness (QED) is 0.417. The fraction of sp³-hybridized carbons (Fsp3) is 0.222. The van der Waals surface area contributed by atoms with Crippen molar-refractivity contribution in [2.24, 2.45) is 0 Å². The molecule has 5 nitrogen and oxygen atoms in total. The van der Waals surface area contributed by atoms with Crippen molar-refractivity contribution >= 4 is 11.8 Å². The highest BCUT2D eigenvalue weighted by atomic mass is 19.2. The Bertz CT molecular complexity index is 787. The van der Waals surface area contributed by atoms with Gasteiger partial charge in [-0.1, -0.05) is 31.2 Å². The van der Waals surface area contributed by atoms with Crippen LogP contribution in [0.3, 0.4) is 0 Å². The number of amides is 2. The van der Waals surface area contributed by atoms with Gasteiger partial charge < -0.3 is 5.32 Å². The van der Waals surface area contributed by atoms with Crippen molar-refractivity contribution < 1.29 is 28.0 Å². The van der Waals surface area contributed by atoms with Crippen molar-refractivity contribution in [3.8, 4) is 11.1 Å². The lowest BCUT2D eigenvalue weighted by atomic mass is 10.00. The van der Waals surface area contributed by atoms with Crippen molar-refractivity contribution in [3.63, 3.8) is 0 Å². The third-order valence-corrected chi connectivity index (χ3v) is 3.72. The summed E-state index contributed by atoms with van der Waals surface area (Å²) in [5, 5.41) is 11.3. The van der Waals surface area contributed by atoms with Crippen LogP contribution < -0.4 is 10.8 Å². The minimum absolute atomic E-state index is 0.117. The summed E-state index contributed by atoms with van der Waals surface area (Å²) in [6.45, 7) is 1.80. The van der Waals surface area contributed by atoms with Gasteiger partial charge in [-0.05, 0) is 35.2 Å². The number of nitrogens with one attached hydrogen (secondary N) is 2. The Hall–Kier alpha value is -2.87. The van der Waals surface area contributed by atoms with E-state index in [1.807, 2.05) is 0 Å². The molecule has 1 unspecified atom stereocenters. The van der Waals surface area contributed by atoms with Crippen molar-refractivity contribution in [3.05, 3.63) is 59.4 Å². The second kappa shape index (κ2) is 8.48. The smallest absolute Gasteiger partial charge is 0.270 e. The average Bonchev–Trinajstić information content (AvgIpc) is 2.63. The van der Waals surface area contributed by atoms with E-state index in [2.05, 4.69) is 5.32 Å². The van der Waals surface area contributed by atoms with Gasteiger partial charge in [-0.2, -0.15) is 0 Å². The largest absolute Gasteiger partial charge is 0.340 e. The van der Waals surface area contributed by atoms with Gasteiger partial charge >= 0.3 is 0 Å². The van der Waals surface area contributed by atoms with Crippen LogP contribution in [0.4, 0.5) is 13.2 Å². The number of carbonyl (C=O) groups is 2. The summed E-state index contributed by atoms with van der Waals surface area (Å²) >= 11 is 0. The molecule has 0 bridgehead atoms. The van der Waals surface area contributed by atoms with E-state index in [4.69, 9.17) is 5.21 Å². The predicted octanol–water partition coefficient (Wildman–Crippen LogP) is 3.23. The van der Waals surface area contributed by atoms with Gasteiger partial charge in [-0.3, -0.25) is 14.8 Å². The lowest BCUT2D eigenvalue weighted by molar-refractivity contribution is -0.134. The first-order valence-corrected chi connectivity index (χ1v) is 7.85. The minimum Gasteiger partial charge on any atom is -0.340 e. The number of hydrogen-bond donors (Lipinski definition) is 3. The molecule has 3 N–H and O–H groups in total. The molecule has 0 aliphatic heterocycles. The number of benzene rings is 2. The zero-order valence-electron chi connectivity index (χ0n) is 13.9. The molecule has 1 atom stereocenters. The lowest BCUT2D eigenvalue weighted by Crippen LogP contribution is -2.39. The van der Waals surface area contributed by atoms with E-state index in [0.29, 0.717) is 17.5 Å². The zero-order chi connectivity index (χ0) is 19.3. The number of rotatable bonds is 6. The van der Waals surface area contributed by atoms with Crippen LogP contribution in [0.2, 0.25) is 0 Å². The first-order valence-electron chi connectivity index (χ1n) is 7.85. The number of hydrogen-bond acceptors (Lipinski definition) is 3. The van der Waals surface area contributed by atoms with Gasteiger partial charge in [0.2, 0.25) is 5.91 Å². The van der Waals surface area contributed by atoms with Crippen LogP contribution in [0.15, 0.2) is 36.4 Å². The molecular formula is C18H17F3N2O3. The Morgan fingerprint density at radius 3 is 2.12 bits per heavy atom. The molecule has 26 heavy (non-hydrogen) atoms. The van der Waals surface area contributed by atoms with E-state index in [0.717, 1.165) is 12.1 Å². The molecule has 138 valence electrons. The molecule has 8 heteroatoms. The summed E-state index contributed by atoms with van der Waals surface area (Å²) in [6.07, 6.45) is 0.793. The summed E-state index contributed by atoms with van der Waals surface area (Å²) in [5.74, 6) is -5.38. The van der Waals surface area contributed by atoms with Crippen molar-refractivity contribution in [2.75, 3.05) is 0 Å². The zero-order valence-corrected chi connectivity index (χ0v) is 13.9. The molecular weight excluding hydrogens is 349 g/mol. The molecule has 0 spiro atoms. The molecule has 0 aliphatic rings. The van der Waals surface area contributed by atoms with Crippen LogP contribution in [0.1, 0.15) is 31.4 Å². The molecule has 0 fully saturated rings. The number of carbonyl (C=O) groups excluding carboxylic acids is 2. The second-order valence-corrected chi connectivity index (χ2v) is 5.60. The summed E-state index contributed by atoms with van der Waals surface area (Å²) in [7, 11) is 0. The lowest BCUT2D eigenvalue weighted by Gasteiger charge is -2.17. The van der Waals surface area contributed by atoms with Crippen LogP contribution in [-0.2, 0) is 9.59 Å². The van der Waals surface area contributed by atoms with E-state index in [-0.39, 0.29) is 17.9 Å². The first kappa shape index (κ1) is 19.5. The molecule has 0 heterocycles. The van der Waals surface area contributed by atoms with Crippen LogP contribution in [0.25, 0.3) is 11.1 Å². The standard InChI is InChI=1S/C18H17F3N2O3/c1-2-3-15(24)22-17(18(25)23-26)11-6-4-10(5-7-11)12-8-13(19)16(21)14(20)9-12/h4-9,17,26H,2-3H2,1H3,(H,22,24)(H,23,25). The van der Waals surface area contributed by atoms with Crippen molar-refractivity contribution in [1.82, 2.24) is 10.8 Å². The predicted molar refractivity (Wildman–Crippen MR) is 87.5 cm³/mol. The first-order chi connectivity index (χ1) is 12.4. The van der Waals surface area contributed by atoms with Gasteiger partial charge in [-0.15, -0.1) is 0 Å². The van der Waals surface area contributed by atoms with Gasteiger partial charge in [0.25, 0.3) is 5.91 Å². The summed E-state index contributed by atoms with van der Waals surface area (Å²) in [5.41, 5.74) is 2.34. The van der Waals surface area contributed by atoms with Crippen LogP contribution in [0.5, 0.6) is 0 Å². The number of hydroxylamine groups is 1. The monoisotopic (exact) mass is 366 g/mol. The third-order valence-electron chi connectivity index (χ3n) is 3.72. The fourth-order valence-electron chi connectivity index (χ4n) is 2.42. The normalized spacial score (nSPS) is 11.7. The maximum atomic E-state index is 13.4. The molecule has 0 saturated heterocycles. The Morgan fingerprint density at radius 2 is 1.62 bits per heavy atom. The molecule has 2 aromatic rings. The third kappa shape index (κ3) is 4.40. The highest BCUT2D eigenvalue weighted by Gasteiger charge is 2.22. The van der Waals surface area contributed by atoms with E-state index in [9.17, 15) is 22.8 Å². The SMILES string of the molecule is CCCC(=O)NC(C(=O)NO)c1ccc(-c2cc(F)c(F)c(F)c2)cc1. The highest BCUT2D eigenvalue weighted by Crippen LogP contribution is 2.25. The van der Waals surface area contributed by atoms with Crippen LogP contribution in [0, 0.1) is 17.5 Å². The van der Waals surface area contributed by atoms with Gasteiger partial charge in [0.1, 0.15) is 6.04 Å². The summed E-state index contributed by atoms with van der Waals surface area (Å²) in [6, 6.07) is 6.43. The molecule has 0 aliphatic carbocycles. The van der Waals surface area contributed by atoms with E-state index in [1.165, 1.54) is 29.7 Å². The van der Waals surface area contributed by atoms with Gasteiger partial charge in [0.05, 0.1) is 0 Å². The summed E-state index contributed by atoms with van der Waals surface area (Å²) in [4.78, 5) is 23.6. The Morgan fingerprint density at radius 1 is 1.04 bits per heavy atom. The highest BCUT2D eigenvalue weighted by molar-refractivity contribution is 5.88. The van der Waals surface area contributed by atoms with Crippen LogP contribution >= 0.6 is 0 Å². The molecule has 0 saturated carbocycles. The van der Waals surface area contributed by atoms with Gasteiger partial charge in [-0.25, -0.2) is 18.7 Å². The van der Waals surface area contributed by atoms with Gasteiger partial charge in [0, 0.05) is 6.42 Å². The van der Waals surface area contributed by atoms with E-state index < -0.39 is 29.4 Å². The Balaban J connectivity index is 2.30. The molecule has 2 aromatic carbocycles. The number of halogens is 3. The molecule has 2 amide bonds. The van der Waals surface area contributed by atoms with Crippen molar-refractivity contribution in [1.29, 1.82) is 0 Å². The summed E-state index contributed by atoms with van der Waals surface area (Å²) < 4.78 is 39.8. The van der Waals surface area contributed by atoms with E-state index in [1.54, 1.807) is 6.92 Å². The van der Waals surface area contributed by atoms with E-state index >= 15 is 0 Å². The fourth-order valence-corrected chi connectivity index (χ4v) is 2.42. The Kier molecular flexibility index (Phi) is 6.35. The van der Waals surface area contributed by atoms with Crippen molar-refractivity contribution in [2.45, 2.75) is 25.8 Å². The average molecular weight is 366 g/mol. The molecule has 0 aromatic heterocycles. The van der Waals surface area contributed by atoms with Crippen LogP contribution in [-0.4, -0.2) is 17.0 Å². The van der Waals surface area contributed by atoms with Gasteiger partial charge in [0.15, 0.2) is 17.5 Å². The minimum atomic E-state index is -1.55.